The van der Waals surface area contributed by atoms with Crippen LogP contribution in [0.5, 0.6) is 0 Å². The molecule has 0 bridgehead atoms. The van der Waals surface area contributed by atoms with Gasteiger partial charge in [0, 0.05) is 4.47 Å². The Bertz CT molecular complexity index is 1740. The van der Waals surface area contributed by atoms with Crippen molar-refractivity contribution in [1.29, 1.82) is 0 Å². The van der Waals surface area contributed by atoms with E-state index in [-0.39, 0.29) is 0 Å². The first-order valence-corrected chi connectivity index (χ1v) is 13.4. The van der Waals surface area contributed by atoms with Crippen molar-refractivity contribution in [3.63, 3.8) is 0 Å². The van der Waals surface area contributed by atoms with E-state index in [2.05, 4.69) is 157 Å². The average molecular weight is 540 g/mol. The Hall–Kier alpha value is -3.94. The summed E-state index contributed by atoms with van der Waals surface area (Å²) in [6.45, 7) is 4.38. The lowest BCUT2D eigenvalue weighted by molar-refractivity contribution is 1.40. The van der Waals surface area contributed by atoms with E-state index in [9.17, 15) is 0 Å². The van der Waals surface area contributed by atoms with Crippen molar-refractivity contribution in [2.24, 2.45) is 0 Å². The van der Waals surface area contributed by atoms with Gasteiger partial charge in [-0.3, -0.25) is 0 Å². The summed E-state index contributed by atoms with van der Waals surface area (Å²) in [5, 5.41) is 2.54. The fraction of sp³-hybridized carbons (Fsp3) is 0.0556. The molecule has 0 aliphatic heterocycles. The Morgan fingerprint density at radius 1 is 0.378 bits per heavy atom. The first kappa shape index (κ1) is 23.5. The highest BCUT2D eigenvalue weighted by Gasteiger charge is 2.11. The molecule has 0 heterocycles. The smallest absolute Gasteiger partial charge is 0.0254 e. The van der Waals surface area contributed by atoms with E-state index in [0.29, 0.717) is 0 Å². The van der Waals surface area contributed by atoms with Gasteiger partial charge in [0.2, 0.25) is 0 Å². The fourth-order valence-corrected chi connectivity index (χ4v) is 5.63. The Kier molecular flexibility index (Phi) is 6.24. The van der Waals surface area contributed by atoms with Crippen LogP contribution in [0.4, 0.5) is 0 Å². The maximum absolute atomic E-state index is 3.80. The number of hydrogen-bond donors (Lipinski definition) is 0. The van der Waals surface area contributed by atoms with Gasteiger partial charge in [-0.05, 0) is 98.5 Å². The lowest BCUT2D eigenvalue weighted by Crippen LogP contribution is -1.89. The van der Waals surface area contributed by atoms with E-state index in [4.69, 9.17) is 0 Å². The Balaban J connectivity index is 1.32. The lowest BCUT2D eigenvalue weighted by Gasteiger charge is -2.14. The van der Waals surface area contributed by atoms with Gasteiger partial charge in [-0.1, -0.05) is 125 Å². The molecular weight excluding hydrogens is 512 g/mol. The van der Waals surface area contributed by atoms with Gasteiger partial charge in [-0.2, -0.15) is 0 Å². The summed E-state index contributed by atoms with van der Waals surface area (Å²) < 4.78 is 1.10. The molecule has 37 heavy (non-hydrogen) atoms. The average Bonchev–Trinajstić information content (AvgIpc) is 2.94. The van der Waals surface area contributed by atoms with Crippen LogP contribution in [-0.2, 0) is 0 Å². The molecule has 6 rings (SSSR count). The van der Waals surface area contributed by atoms with E-state index in [0.717, 1.165) is 4.47 Å². The highest BCUT2D eigenvalue weighted by atomic mass is 79.9. The second-order valence-corrected chi connectivity index (χ2v) is 10.5. The molecule has 178 valence electrons. The van der Waals surface area contributed by atoms with Gasteiger partial charge in [-0.25, -0.2) is 0 Å². The molecular formula is C36H27Br. The minimum atomic E-state index is 1.10. The van der Waals surface area contributed by atoms with Crippen molar-refractivity contribution in [1.82, 2.24) is 0 Å². The van der Waals surface area contributed by atoms with Crippen LogP contribution in [0.1, 0.15) is 11.1 Å². The van der Waals surface area contributed by atoms with Crippen molar-refractivity contribution >= 4 is 26.7 Å². The van der Waals surface area contributed by atoms with Crippen molar-refractivity contribution in [2.45, 2.75) is 13.8 Å². The molecule has 0 aromatic heterocycles. The molecule has 0 aliphatic carbocycles. The molecule has 0 atom stereocenters. The number of benzene rings is 6. The van der Waals surface area contributed by atoms with E-state index in [1.165, 1.54) is 66.4 Å². The quantitative estimate of drug-likeness (QED) is 0.209. The monoisotopic (exact) mass is 538 g/mol. The Morgan fingerprint density at radius 2 is 0.946 bits per heavy atom. The summed E-state index contributed by atoms with van der Waals surface area (Å²) in [5.41, 5.74) is 12.5. The van der Waals surface area contributed by atoms with Crippen molar-refractivity contribution in [3.8, 4) is 44.5 Å². The lowest BCUT2D eigenvalue weighted by atomic mass is 9.92. The number of aryl methyl sites for hydroxylation is 2. The topological polar surface area (TPSA) is 0 Å². The highest BCUT2D eigenvalue weighted by molar-refractivity contribution is 9.10. The van der Waals surface area contributed by atoms with Crippen LogP contribution in [0.15, 0.2) is 132 Å². The molecule has 1 heteroatoms. The summed E-state index contributed by atoms with van der Waals surface area (Å²) in [4.78, 5) is 0. The third kappa shape index (κ3) is 4.63. The summed E-state index contributed by atoms with van der Waals surface area (Å²) in [7, 11) is 0. The molecule has 0 unspecified atom stereocenters. The second kappa shape index (κ2) is 9.84. The Morgan fingerprint density at radius 3 is 1.68 bits per heavy atom. The zero-order valence-electron chi connectivity index (χ0n) is 21.0. The summed E-state index contributed by atoms with van der Waals surface area (Å²) in [6.07, 6.45) is 0. The number of hydrogen-bond acceptors (Lipinski definition) is 0. The van der Waals surface area contributed by atoms with Gasteiger partial charge in [0.1, 0.15) is 0 Å². The number of fused-ring (bicyclic) bond motifs is 1. The van der Waals surface area contributed by atoms with Gasteiger partial charge in [0.25, 0.3) is 0 Å². The van der Waals surface area contributed by atoms with Crippen LogP contribution >= 0.6 is 15.9 Å². The zero-order valence-corrected chi connectivity index (χ0v) is 22.6. The summed E-state index contributed by atoms with van der Waals surface area (Å²) in [6, 6.07) is 46.1. The number of halogens is 1. The second-order valence-electron chi connectivity index (χ2n) is 9.68. The van der Waals surface area contributed by atoms with Gasteiger partial charge >= 0.3 is 0 Å². The van der Waals surface area contributed by atoms with E-state index in [1.807, 2.05) is 0 Å². The third-order valence-electron chi connectivity index (χ3n) is 7.24. The Labute approximate surface area is 227 Å². The molecule has 0 saturated heterocycles. The molecule has 0 saturated carbocycles. The molecule has 0 radical (unpaired) electrons. The summed E-state index contributed by atoms with van der Waals surface area (Å²) in [5.74, 6) is 0. The van der Waals surface area contributed by atoms with Crippen LogP contribution in [-0.4, -0.2) is 0 Å². The van der Waals surface area contributed by atoms with E-state index in [1.54, 1.807) is 0 Å². The van der Waals surface area contributed by atoms with Crippen LogP contribution in [0.25, 0.3) is 55.3 Å². The van der Waals surface area contributed by atoms with Crippen LogP contribution < -0.4 is 0 Å². The van der Waals surface area contributed by atoms with Gasteiger partial charge in [0.15, 0.2) is 0 Å². The molecule has 0 spiro atoms. The van der Waals surface area contributed by atoms with Crippen molar-refractivity contribution in [3.05, 3.63) is 143 Å². The van der Waals surface area contributed by atoms with Crippen LogP contribution in [0.2, 0.25) is 0 Å². The SMILES string of the molecule is Cc1ccccc1-c1ccc(-c2cc(-c3ccc(-c4ccc5ccccc5c4)cc3)ccc2Br)cc1C. The molecule has 6 aromatic carbocycles. The van der Waals surface area contributed by atoms with Gasteiger partial charge in [0.05, 0.1) is 0 Å². The normalized spacial score (nSPS) is 11.1. The van der Waals surface area contributed by atoms with E-state index >= 15 is 0 Å². The first-order valence-electron chi connectivity index (χ1n) is 12.6. The predicted molar refractivity (Wildman–Crippen MR) is 163 cm³/mol. The fourth-order valence-electron chi connectivity index (χ4n) is 5.16. The molecule has 0 N–H and O–H groups in total. The standard InChI is InChI=1S/C36H27Br/c1-24-7-3-6-10-33(24)34-19-17-32(21-25(34)2)35-23-31(18-20-36(35)37)28-13-11-27(12-14-28)30-16-15-26-8-4-5-9-29(26)22-30/h3-23H,1-2H3. The van der Waals surface area contributed by atoms with Gasteiger partial charge in [-0.15, -0.1) is 0 Å². The minimum Gasteiger partial charge on any atom is -0.0620 e. The molecule has 0 amide bonds. The first-order chi connectivity index (χ1) is 18.1. The predicted octanol–water partition coefficient (Wildman–Crippen LogP) is 10.9. The summed E-state index contributed by atoms with van der Waals surface area (Å²) >= 11 is 3.80. The zero-order chi connectivity index (χ0) is 25.4. The highest BCUT2D eigenvalue weighted by Crippen LogP contribution is 2.36. The van der Waals surface area contributed by atoms with E-state index < -0.39 is 0 Å². The number of rotatable bonds is 4. The van der Waals surface area contributed by atoms with Crippen LogP contribution in [0, 0.1) is 13.8 Å². The maximum Gasteiger partial charge on any atom is 0.0254 e. The van der Waals surface area contributed by atoms with Crippen molar-refractivity contribution < 1.29 is 0 Å². The maximum atomic E-state index is 3.80. The molecule has 0 fully saturated rings. The third-order valence-corrected chi connectivity index (χ3v) is 7.93. The van der Waals surface area contributed by atoms with Crippen molar-refractivity contribution in [2.75, 3.05) is 0 Å². The molecule has 0 aliphatic rings. The molecule has 0 nitrogen and oxygen atoms in total. The minimum absolute atomic E-state index is 1.10. The molecule has 6 aromatic rings. The van der Waals surface area contributed by atoms with Crippen LogP contribution in [0.3, 0.4) is 0 Å². The van der Waals surface area contributed by atoms with Gasteiger partial charge < -0.3 is 0 Å². The largest absolute Gasteiger partial charge is 0.0620 e.